The Bertz CT molecular complexity index is 1490. The van der Waals surface area contributed by atoms with Crippen molar-refractivity contribution in [3.05, 3.63) is 131 Å². The van der Waals surface area contributed by atoms with Crippen LogP contribution in [-0.2, 0) is 20.0 Å². The van der Waals surface area contributed by atoms with Gasteiger partial charge in [0.2, 0.25) is 0 Å². The second-order valence-electron chi connectivity index (χ2n) is 9.31. The molecule has 0 N–H and O–H groups in total. The zero-order chi connectivity index (χ0) is 25.7. The van der Waals surface area contributed by atoms with Gasteiger partial charge >= 0.3 is 24.8 Å². The predicted octanol–water partition coefficient (Wildman–Crippen LogP) is 9.65. The summed E-state index contributed by atoms with van der Waals surface area (Å²) < 4.78 is 0. The van der Waals surface area contributed by atoms with E-state index in [-0.39, 0.29) is 0 Å². The van der Waals surface area contributed by atoms with Gasteiger partial charge in [0.1, 0.15) is 0 Å². The molecule has 0 aliphatic carbocycles. The van der Waals surface area contributed by atoms with Gasteiger partial charge < -0.3 is 0 Å². The van der Waals surface area contributed by atoms with Gasteiger partial charge in [0.05, 0.1) is 0 Å². The molecule has 0 saturated heterocycles. The van der Waals surface area contributed by atoms with E-state index in [2.05, 4.69) is 142 Å². The summed E-state index contributed by atoms with van der Waals surface area (Å²) >= 11 is 1.75. The first-order valence-corrected chi connectivity index (χ1v) is 13.4. The molecule has 6 aromatic carbocycles. The molecule has 0 unspecified atom stereocenters. The Kier molecular flexibility index (Phi) is 8.31. The van der Waals surface area contributed by atoms with Gasteiger partial charge in [-0.2, -0.15) is 12.1 Å². The van der Waals surface area contributed by atoms with Crippen molar-refractivity contribution in [3.8, 4) is 22.3 Å². The van der Waals surface area contributed by atoms with E-state index in [9.17, 15) is 0 Å². The molecule has 0 aliphatic heterocycles. The summed E-state index contributed by atoms with van der Waals surface area (Å²) in [5.74, 6) is 0. The fourth-order valence-electron chi connectivity index (χ4n) is 4.99. The van der Waals surface area contributed by atoms with Gasteiger partial charge in [-0.15, -0.1) is 69.1 Å². The molecule has 6 rings (SSSR count). The van der Waals surface area contributed by atoms with Crippen LogP contribution >= 0.6 is 0 Å². The summed E-state index contributed by atoms with van der Waals surface area (Å²) in [6.07, 6.45) is 0. The molecule has 6 aromatic rings. The van der Waals surface area contributed by atoms with Crippen molar-refractivity contribution in [3.63, 3.8) is 0 Å². The first-order chi connectivity index (χ1) is 17.5. The van der Waals surface area contributed by atoms with E-state index in [1.54, 1.807) is 20.0 Å². The maximum atomic E-state index is 3.25. The minimum atomic E-state index is 1.33. The van der Waals surface area contributed by atoms with Gasteiger partial charge in [0.15, 0.2) is 0 Å². The molecule has 0 aliphatic rings. The van der Waals surface area contributed by atoms with Crippen LogP contribution < -0.4 is 0 Å². The molecular formula is C35H32Ti. The average molecular weight is 501 g/mol. The quantitative estimate of drug-likeness (QED) is 0.164. The van der Waals surface area contributed by atoms with Crippen LogP contribution in [0, 0.1) is 27.7 Å². The summed E-state index contributed by atoms with van der Waals surface area (Å²) in [6.45, 7) is 8.65. The Morgan fingerprint density at radius 1 is 0.472 bits per heavy atom. The molecule has 0 bridgehead atoms. The molecule has 36 heavy (non-hydrogen) atoms. The molecule has 1 heteroatoms. The zero-order valence-corrected chi connectivity index (χ0v) is 23.2. The number of hydrogen-bond acceptors (Lipinski definition) is 0. The fraction of sp³-hybridized carbons (Fsp3) is 0.114. The Labute approximate surface area is 226 Å². The Hall–Kier alpha value is -3.32. The van der Waals surface area contributed by atoms with Crippen LogP contribution in [-0.4, -0.2) is 4.82 Å². The third-order valence-electron chi connectivity index (χ3n) is 6.66. The summed E-state index contributed by atoms with van der Waals surface area (Å²) in [5.41, 5.74) is 10.7. The molecule has 0 atom stereocenters. The topological polar surface area (TPSA) is 0 Å². The summed E-state index contributed by atoms with van der Waals surface area (Å²) in [7, 11) is 0. The van der Waals surface area contributed by atoms with E-state index in [1.165, 1.54) is 66.1 Å². The molecule has 0 aromatic heterocycles. The Morgan fingerprint density at radius 3 is 1.22 bits per heavy atom. The molecular weight excluding hydrogens is 468 g/mol. The normalized spacial score (nSPS) is 10.5. The van der Waals surface area contributed by atoms with Crippen molar-refractivity contribution in [2.45, 2.75) is 27.7 Å². The standard InChI is InChI=1S/2C17H15.CH2.Ti/c2*1-12-10-14-7-5-9-16(17(14)11-12)15-8-4-3-6-13(15)2;;/h2*3-11H,1-2H3;1H2;/q2*-1;;+2. The number of rotatable bonds is 2. The number of benzene rings is 4. The van der Waals surface area contributed by atoms with Crippen LogP contribution in [0.1, 0.15) is 22.3 Å². The average Bonchev–Trinajstić information content (AvgIpc) is 3.47. The molecule has 0 heterocycles. The second-order valence-corrected chi connectivity index (χ2v) is 9.31. The first-order valence-electron chi connectivity index (χ1n) is 12.3. The molecule has 0 amide bonds. The van der Waals surface area contributed by atoms with Gasteiger partial charge in [-0.25, -0.2) is 0 Å². The van der Waals surface area contributed by atoms with Crippen molar-refractivity contribution in [1.82, 2.24) is 0 Å². The molecule has 0 spiro atoms. The van der Waals surface area contributed by atoms with E-state index < -0.39 is 0 Å². The van der Waals surface area contributed by atoms with Gasteiger partial charge in [-0.05, 0) is 36.1 Å². The number of hydrogen-bond donors (Lipinski definition) is 0. The Balaban J connectivity index is 0.000000158. The molecule has 0 fully saturated rings. The van der Waals surface area contributed by atoms with Crippen LogP contribution in [0.4, 0.5) is 0 Å². The summed E-state index contributed by atoms with van der Waals surface area (Å²) in [5, 5.41) is 5.39. The molecule has 0 nitrogen and oxygen atoms in total. The third kappa shape index (κ3) is 5.41. The van der Waals surface area contributed by atoms with Crippen LogP contribution in [0.3, 0.4) is 0 Å². The molecule has 176 valence electrons. The molecule has 0 radical (unpaired) electrons. The number of aryl methyl sites for hydroxylation is 4. The predicted molar refractivity (Wildman–Crippen MR) is 156 cm³/mol. The summed E-state index contributed by atoms with van der Waals surface area (Å²) in [6, 6.07) is 39.3. The van der Waals surface area contributed by atoms with Crippen LogP contribution in [0.5, 0.6) is 0 Å². The van der Waals surface area contributed by atoms with Crippen molar-refractivity contribution < 1.29 is 20.0 Å². The van der Waals surface area contributed by atoms with Gasteiger partial charge in [-0.1, -0.05) is 85.6 Å². The van der Waals surface area contributed by atoms with Crippen molar-refractivity contribution >= 4 is 26.4 Å². The van der Waals surface area contributed by atoms with Crippen molar-refractivity contribution in [1.29, 1.82) is 0 Å². The van der Waals surface area contributed by atoms with Gasteiger partial charge in [-0.3, -0.25) is 0 Å². The van der Waals surface area contributed by atoms with Crippen molar-refractivity contribution in [2.24, 2.45) is 0 Å². The first kappa shape index (κ1) is 25.8. The van der Waals surface area contributed by atoms with E-state index >= 15 is 0 Å². The van der Waals surface area contributed by atoms with E-state index in [0.717, 1.165) is 0 Å². The monoisotopic (exact) mass is 500 g/mol. The SMILES string of the molecule is Cc1cc2c(-c3ccccc3C)cccc2[cH-]1.Cc1cc2c(-c3ccccc3C)cccc2[cH-]1.[CH2]=[Ti+2]. The fourth-order valence-corrected chi connectivity index (χ4v) is 4.99. The Morgan fingerprint density at radius 2 is 0.833 bits per heavy atom. The maximum absolute atomic E-state index is 3.25. The van der Waals surface area contributed by atoms with E-state index in [1.807, 2.05) is 0 Å². The van der Waals surface area contributed by atoms with E-state index in [4.69, 9.17) is 0 Å². The van der Waals surface area contributed by atoms with Gasteiger partial charge in [0, 0.05) is 0 Å². The second kappa shape index (κ2) is 11.6. The van der Waals surface area contributed by atoms with E-state index in [0.29, 0.717) is 0 Å². The van der Waals surface area contributed by atoms with Crippen LogP contribution in [0.15, 0.2) is 109 Å². The third-order valence-corrected chi connectivity index (χ3v) is 6.66. The zero-order valence-electron chi connectivity index (χ0n) is 21.6. The van der Waals surface area contributed by atoms with Crippen LogP contribution in [0.2, 0.25) is 0 Å². The summed E-state index contributed by atoms with van der Waals surface area (Å²) in [4.78, 5) is 3.25. The number of fused-ring (bicyclic) bond motifs is 2. The molecule has 0 saturated carbocycles. The van der Waals surface area contributed by atoms with Gasteiger partial charge in [0.25, 0.3) is 0 Å². The van der Waals surface area contributed by atoms with Crippen molar-refractivity contribution in [2.75, 3.05) is 0 Å². The van der Waals surface area contributed by atoms with Crippen LogP contribution in [0.25, 0.3) is 43.8 Å². The minimum absolute atomic E-state index is 1.33.